The van der Waals surface area contributed by atoms with E-state index < -0.39 is 11.6 Å². The van der Waals surface area contributed by atoms with Crippen molar-refractivity contribution in [3.8, 4) is 17.2 Å². The number of hydrogen-bond donors (Lipinski definition) is 3. The van der Waals surface area contributed by atoms with Crippen LogP contribution >= 0.6 is 0 Å². The van der Waals surface area contributed by atoms with Gasteiger partial charge in [0.25, 0.3) is 5.91 Å². The van der Waals surface area contributed by atoms with Crippen molar-refractivity contribution >= 4 is 22.7 Å². The van der Waals surface area contributed by atoms with Gasteiger partial charge in [0.2, 0.25) is 0 Å². The lowest BCUT2D eigenvalue weighted by atomic mass is 9.92. The fraction of sp³-hybridized carbons (Fsp3) is 0.250. The summed E-state index contributed by atoms with van der Waals surface area (Å²) in [5, 5.41) is 13.4. The van der Waals surface area contributed by atoms with Crippen LogP contribution in [0.25, 0.3) is 11.0 Å². The number of aromatic nitrogens is 2. The molecule has 1 atom stereocenters. The third-order valence-electron chi connectivity index (χ3n) is 6.03. The Morgan fingerprint density at radius 3 is 2.69 bits per heavy atom. The number of phenols is 1. The molecule has 3 N–H and O–H groups in total. The highest BCUT2D eigenvalue weighted by atomic mass is 16.5. The summed E-state index contributed by atoms with van der Waals surface area (Å²) >= 11 is 0. The monoisotopic (exact) mass is 485 g/mol. The summed E-state index contributed by atoms with van der Waals surface area (Å²) in [6, 6.07) is 20.0. The van der Waals surface area contributed by atoms with Crippen molar-refractivity contribution in [2.75, 3.05) is 6.61 Å². The van der Waals surface area contributed by atoms with Crippen LogP contribution in [0.5, 0.6) is 17.2 Å². The maximum absolute atomic E-state index is 12.9. The van der Waals surface area contributed by atoms with Crippen LogP contribution in [0.1, 0.15) is 48.1 Å². The zero-order valence-electron chi connectivity index (χ0n) is 20.1. The largest absolute Gasteiger partial charge is 0.507 e. The number of amides is 1. The summed E-state index contributed by atoms with van der Waals surface area (Å²) in [6.07, 6.45) is 0.706. The number of carbonyl (C=O) groups excluding carboxylic acids is 2. The lowest BCUT2D eigenvalue weighted by Gasteiger charge is -2.32. The molecule has 1 unspecified atom stereocenters. The summed E-state index contributed by atoms with van der Waals surface area (Å²) in [7, 11) is 0. The van der Waals surface area contributed by atoms with Gasteiger partial charge in [-0.05, 0) is 38.0 Å². The summed E-state index contributed by atoms with van der Waals surface area (Å²) in [5.41, 5.74) is 2.20. The van der Waals surface area contributed by atoms with E-state index in [4.69, 9.17) is 9.47 Å². The van der Waals surface area contributed by atoms with E-state index in [2.05, 4.69) is 15.3 Å². The number of fused-ring (bicyclic) bond motifs is 2. The van der Waals surface area contributed by atoms with E-state index in [1.54, 1.807) is 13.8 Å². The molecule has 0 fully saturated rings. The van der Waals surface area contributed by atoms with Crippen LogP contribution in [0.4, 0.5) is 0 Å². The van der Waals surface area contributed by atoms with Crippen molar-refractivity contribution in [2.45, 2.75) is 38.3 Å². The summed E-state index contributed by atoms with van der Waals surface area (Å²) in [4.78, 5) is 33.3. The molecule has 3 aromatic carbocycles. The van der Waals surface area contributed by atoms with Gasteiger partial charge in [-0.15, -0.1) is 0 Å². The van der Waals surface area contributed by atoms with Gasteiger partial charge in [-0.3, -0.25) is 9.59 Å². The normalized spacial score (nSPS) is 15.1. The minimum Gasteiger partial charge on any atom is -0.507 e. The van der Waals surface area contributed by atoms with E-state index in [9.17, 15) is 14.7 Å². The molecule has 5 rings (SSSR count). The number of ketones is 1. The number of carbonyl (C=O) groups is 2. The first-order chi connectivity index (χ1) is 17.3. The number of benzene rings is 3. The number of Topliss-reactive ketones (excluding diaryl/α,β-unsaturated/α-hetero) is 1. The molecule has 1 aliphatic rings. The molecule has 1 amide bonds. The average Bonchev–Trinajstić information content (AvgIpc) is 3.26. The van der Waals surface area contributed by atoms with Crippen molar-refractivity contribution in [2.24, 2.45) is 0 Å². The predicted octanol–water partition coefficient (Wildman–Crippen LogP) is 4.49. The molecule has 1 aromatic heterocycles. The summed E-state index contributed by atoms with van der Waals surface area (Å²) in [5.74, 6) is 0.344. The summed E-state index contributed by atoms with van der Waals surface area (Å²) in [6.45, 7) is 3.31. The molecule has 0 saturated carbocycles. The Hall–Kier alpha value is -4.33. The van der Waals surface area contributed by atoms with Crippen molar-refractivity contribution in [3.63, 3.8) is 0 Å². The molecule has 184 valence electrons. The van der Waals surface area contributed by atoms with Crippen molar-refractivity contribution < 1.29 is 24.2 Å². The molecule has 8 heteroatoms. The molecule has 0 radical (unpaired) electrons. The van der Waals surface area contributed by atoms with Crippen LogP contribution in [-0.2, 0) is 11.2 Å². The van der Waals surface area contributed by atoms with Crippen molar-refractivity contribution in [1.29, 1.82) is 0 Å². The Morgan fingerprint density at radius 2 is 1.92 bits per heavy atom. The zero-order valence-corrected chi connectivity index (χ0v) is 20.1. The molecular formula is C28H27N3O5. The minimum atomic E-state index is -0.691. The number of rotatable bonds is 7. The van der Waals surface area contributed by atoms with Gasteiger partial charge < -0.3 is 24.9 Å². The Morgan fingerprint density at radius 1 is 1.17 bits per heavy atom. The predicted molar refractivity (Wildman–Crippen MR) is 134 cm³/mol. The third kappa shape index (κ3) is 5.02. The number of aromatic hydroxyl groups is 1. The number of para-hydroxylation sites is 2. The van der Waals surface area contributed by atoms with Gasteiger partial charge in [0.1, 0.15) is 34.2 Å². The maximum atomic E-state index is 12.9. The Balaban J connectivity index is 1.32. The fourth-order valence-corrected chi connectivity index (χ4v) is 4.42. The second kappa shape index (κ2) is 9.37. The van der Waals surface area contributed by atoms with Crippen molar-refractivity contribution in [3.05, 3.63) is 83.7 Å². The highest BCUT2D eigenvalue weighted by molar-refractivity contribution is 6.03. The minimum absolute atomic E-state index is 0.138. The second-order valence-electron chi connectivity index (χ2n) is 9.51. The van der Waals surface area contributed by atoms with E-state index in [0.29, 0.717) is 12.2 Å². The topological polar surface area (TPSA) is 114 Å². The molecule has 1 aliphatic heterocycles. The van der Waals surface area contributed by atoms with E-state index in [1.165, 1.54) is 12.1 Å². The number of imidazole rings is 1. The smallest absolute Gasteiger partial charge is 0.258 e. The van der Waals surface area contributed by atoms with Gasteiger partial charge in [-0.2, -0.15) is 0 Å². The number of aromatic amines is 1. The van der Waals surface area contributed by atoms with E-state index in [1.807, 2.05) is 54.6 Å². The van der Waals surface area contributed by atoms with Crippen LogP contribution in [-0.4, -0.2) is 39.0 Å². The van der Waals surface area contributed by atoms with Gasteiger partial charge >= 0.3 is 0 Å². The molecule has 0 aliphatic carbocycles. The van der Waals surface area contributed by atoms with E-state index in [0.717, 1.165) is 16.6 Å². The highest BCUT2D eigenvalue weighted by Crippen LogP contribution is 2.40. The number of nitrogens with one attached hydrogen (secondary N) is 2. The lowest BCUT2D eigenvalue weighted by Crippen LogP contribution is -2.36. The van der Waals surface area contributed by atoms with Crippen LogP contribution < -0.4 is 14.8 Å². The van der Waals surface area contributed by atoms with E-state index >= 15 is 0 Å². The number of ether oxygens (including phenoxy) is 2. The third-order valence-corrected chi connectivity index (χ3v) is 6.03. The number of H-pyrrole nitrogens is 1. The van der Waals surface area contributed by atoms with Gasteiger partial charge in [0, 0.05) is 12.1 Å². The number of nitrogens with zero attached hydrogens (tertiary/aromatic N) is 1. The van der Waals surface area contributed by atoms with Gasteiger partial charge in [-0.25, -0.2) is 4.98 Å². The molecule has 0 spiro atoms. The number of hydrogen-bond acceptors (Lipinski definition) is 6. The van der Waals surface area contributed by atoms with Crippen LogP contribution in [0.3, 0.4) is 0 Å². The average molecular weight is 486 g/mol. The second-order valence-corrected chi connectivity index (χ2v) is 9.51. The quantitative estimate of drug-likeness (QED) is 0.355. The molecular weight excluding hydrogens is 458 g/mol. The fourth-order valence-electron chi connectivity index (χ4n) is 4.42. The molecule has 36 heavy (non-hydrogen) atoms. The van der Waals surface area contributed by atoms with Gasteiger partial charge in [0.05, 0.1) is 23.5 Å². The van der Waals surface area contributed by atoms with Crippen LogP contribution in [0.2, 0.25) is 0 Å². The Bertz CT molecular complexity index is 1390. The number of phenolic OH excluding ortho intramolecular Hbond substituents is 1. The lowest BCUT2D eigenvalue weighted by molar-refractivity contribution is -0.123. The first-order valence-corrected chi connectivity index (χ1v) is 11.8. The standard InChI is InChI=1S/C28H27N3O5/c1-28(2)15-23(33)26-22(32)13-18(14-24(26)36-28)35-16-25(34)29-21(12-17-8-4-3-5-9-17)27-30-19-10-6-7-11-20(19)31-27/h3-11,13-14,21,32H,12,15-16H2,1-2H3,(H,29,34)(H,30,31). The first-order valence-electron chi connectivity index (χ1n) is 11.8. The zero-order chi connectivity index (χ0) is 25.3. The molecule has 0 bridgehead atoms. The highest BCUT2D eigenvalue weighted by Gasteiger charge is 2.35. The molecule has 8 nitrogen and oxygen atoms in total. The SMILES string of the molecule is CC1(C)CC(=O)c2c(O)cc(OCC(=O)NC(Cc3ccccc3)c3nc4ccccc4[nH]3)cc2O1. The van der Waals surface area contributed by atoms with Gasteiger partial charge in [-0.1, -0.05) is 42.5 Å². The Labute approximate surface area is 208 Å². The van der Waals surface area contributed by atoms with Gasteiger partial charge in [0.15, 0.2) is 12.4 Å². The Kier molecular flexibility index (Phi) is 6.10. The first kappa shape index (κ1) is 23.4. The van der Waals surface area contributed by atoms with Crippen LogP contribution in [0, 0.1) is 0 Å². The van der Waals surface area contributed by atoms with Crippen LogP contribution in [0.15, 0.2) is 66.7 Å². The molecule has 4 aromatic rings. The molecule has 0 saturated heterocycles. The molecule has 2 heterocycles. The summed E-state index contributed by atoms with van der Waals surface area (Å²) < 4.78 is 11.5. The van der Waals surface area contributed by atoms with Crippen molar-refractivity contribution in [1.82, 2.24) is 15.3 Å². The maximum Gasteiger partial charge on any atom is 0.258 e. The van der Waals surface area contributed by atoms with E-state index in [-0.39, 0.29) is 47.5 Å².